The van der Waals surface area contributed by atoms with Crippen molar-refractivity contribution in [2.75, 3.05) is 0 Å². The fourth-order valence-corrected chi connectivity index (χ4v) is 2.00. The van der Waals surface area contributed by atoms with Gasteiger partial charge in [-0.3, -0.25) is 0 Å². The minimum Gasteiger partial charge on any atom is -0.439 e. The van der Waals surface area contributed by atoms with E-state index in [-0.39, 0.29) is 0 Å². The molecule has 0 spiro atoms. The first-order valence-corrected chi connectivity index (χ1v) is 6.80. The molecule has 1 aromatic carbocycles. The van der Waals surface area contributed by atoms with Crippen LogP contribution >= 0.6 is 15.9 Å². The van der Waals surface area contributed by atoms with Gasteiger partial charge in [0.1, 0.15) is 16.2 Å². The van der Waals surface area contributed by atoms with E-state index in [2.05, 4.69) is 38.9 Å². The van der Waals surface area contributed by atoms with Crippen LogP contribution in [0.25, 0.3) is 0 Å². The third-order valence-electron chi connectivity index (χ3n) is 2.56. The lowest BCUT2D eigenvalue weighted by Crippen LogP contribution is -1.96. The first-order chi connectivity index (χ1) is 8.71. The van der Waals surface area contributed by atoms with Crippen molar-refractivity contribution in [2.45, 2.75) is 26.7 Å². The quantitative estimate of drug-likeness (QED) is 0.796. The van der Waals surface area contributed by atoms with Crippen LogP contribution in [0.5, 0.6) is 11.6 Å². The molecule has 1 aromatic heterocycles. The summed E-state index contributed by atoms with van der Waals surface area (Å²) in [6.07, 6.45) is 1.77. The van der Waals surface area contributed by atoms with Crippen molar-refractivity contribution in [3.8, 4) is 11.6 Å². The molecule has 0 unspecified atom stereocenters. The highest BCUT2D eigenvalue weighted by atomic mass is 79.9. The molecule has 4 heteroatoms. The fraction of sp³-hybridized carbons (Fsp3) is 0.286. The molecule has 2 rings (SSSR count). The van der Waals surface area contributed by atoms with Gasteiger partial charge in [0.25, 0.3) is 0 Å². The minimum absolute atomic E-state index is 0.571. The summed E-state index contributed by atoms with van der Waals surface area (Å²) in [6.45, 7) is 4.14. The molecule has 0 fully saturated rings. The van der Waals surface area contributed by atoms with Crippen LogP contribution in [0.2, 0.25) is 0 Å². The summed E-state index contributed by atoms with van der Waals surface area (Å²) in [5.41, 5.74) is 1.25. The van der Waals surface area contributed by atoms with Crippen molar-refractivity contribution in [2.24, 2.45) is 0 Å². The van der Waals surface area contributed by atoms with Gasteiger partial charge in [0.05, 0.1) is 0 Å². The van der Waals surface area contributed by atoms with Crippen LogP contribution in [0.3, 0.4) is 0 Å². The zero-order valence-electron chi connectivity index (χ0n) is 10.5. The van der Waals surface area contributed by atoms with Crippen molar-refractivity contribution < 1.29 is 4.74 Å². The lowest BCUT2D eigenvalue weighted by molar-refractivity contribution is 0.457. The predicted molar refractivity (Wildman–Crippen MR) is 75.0 cm³/mol. The molecule has 0 aliphatic heterocycles. The van der Waals surface area contributed by atoms with Gasteiger partial charge in [-0.25, -0.2) is 4.98 Å². The molecular weight excluding hydrogens is 292 g/mol. The first-order valence-electron chi connectivity index (χ1n) is 6.01. The SMILES string of the molecule is CCc1cccc(Oc2cc(Br)nc(CC)n2)c1. The van der Waals surface area contributed by atoms with Crippen LogP contribution in [-0.2, 0) is 12.8 Å². The summed E-state index contributed by atoms with van der Waals surface area (Å²) in [5.74, 6) is 2.15. The van der Waals surface area contributed by atoms with Gasteiger partial charge in [-0.2, -0.15) is 4.98 Å². The van der Waals surface area contributed by atoms with E-state index in [1.54, 1.807) is 6.07 Å². The van der Waals surface area contributed by atoms with Gasteiger partial charge in [0, 0.05) is 12.5 Å². The first kappa shape index (κ1) is 13.0. The Hall–Kier alpha value is -1.42. The predicted octanol–water partition coefficient (Wildman–Crippen LogP) is 4.16. The topological polar surface area (TPSA) is 35.0 Å². The number of ether oxygens (including phenoxy) is 1. The molecule has 0 aliphatic carbocycles. The molecule has 0 amide bonds. The second-order valence-electron chi connectivity index (χ2n) is 3.90. The van der Waals surface area contributed by atoms with E-state index in [9.17, 15) is 0 Å². The molecule has 1 heterocycles. The Labute approximate surface area is 115 Å². The van der Waals surface area contributed by atoms with Crippen molar-refractivity contribution in [1.29, 1.82) is 0 Å². The Bertz CT molecular complexity index is 543. The molecule has 0 aliphatic rings. The number of nitrogens with zero attached hydrogens (tertiary/aromatic N) is 2. The van der Waals surface area contributed by atoms with E-state index in [4.69, 9.17) is 4.74 Å². The largest absolute Gasteiger partial charge is 0.439 e. The highest BCUT2D eigenvalue weighted by molar-refractivity contribution is 9.10. The second kappa shape index (κ2) is 5.96. The summed E-state index contributed by atoms with van der Waals surface area (Å²) < 4.78 is 6.51. The molecule has 0 N–H and O–H groups in total. The zero-order chi connectivity index (χ0) is 13.0. The highest BCUT2D eigenvalue weighted by Gasteiger charge is 2.04. The smallest absolute Gasteiger partial charge is 0.223 e. The van der Waals surface area contributed by atoms with Gasteiger partial charge in [0.2, 0.25) is 5.88 Å². The van der Waals surface area contributed by atoms with E-state index in [1.807, 2.05) is 25.1 Å². The van der Waals surface area contributed by atoms with Crippen LogP contribution in [0, 0.1) is 0 Å². The summed E-state index contributed by atoms with van der Waals surface area (Å²) >= 11 is 3.36. The molecule has 94 valence electrons. The Balaban J connectivity index is 2.24. The van der Waals surface area contributed by atoms with Crippen LogP contribution in [0.15, 0.2) is 34.9 Å². The number of hydrogen-bond acceptors (Lipinski definition) is 3. The maximum Gasteiger partial charge on any atom is 0.223 e. The van der Waals surface area contributed by atoms with Gasteiger partial charge >= 0.3 is 0 Å². The summed E-state index contributed by atoms with van der Waals surface area (Å²) in [6, 6.07) is 9.81. The molecule has 0 radical (unpaired) electrons. The molecule has 0 saturated heterocycles. The van der Waals surface area contributed by atoms with Crippen molar-refractivity contribution in [3.63, 3.8) is 0 Å². The van der Waals surface area contributed by atoms with Crippen molar-refractivity contribution in [1.82, 2.24) is 9.97 Å². The monoisotopic (exact) mass is 306 g/mol. The molecule has 0 bridgehead atoms. The number of aryl methyl sites for hydroxylation is 2. The average molecular weight is 307 g/mol. The van der Waals surface area contributed by atoms with Crippen molar-refractivity contribution in [3.05, 3.63) is 46.3 Å². The van der Waals surface area contributed by atoms with Gasteiger partial charge < -0.3 is 4.74 Å². The molecule has 0 atom stereocenters. The van der Waals surface area contributed by atoms with Gasteiger partial charge in [-0.05, 0) is 40.0 Å². The third-order valence-corrected chi connectivity index (χ3v) is 2.97. The standard InChI is InChI=1S/C14H15BrN2O/c1-3-10-6-5-7-11(8-10)18-14-9-12(15)16-13(4-2)17-14/h5-9H,3-4H2,1-2H3. The lowest BCUT2D eigenvalue weighted by atomic mass is 10.2. The minimum atomic E-state index is 0.571. The highest BCUT2D eigenvalue weighted by Crippen LogP contribution is 2.23. The number of aromatic nitrogens is 2. The fourth-order valence-electron chi connectivity index (χ4n) is 1.60. The van der Waals surface area contributed by atoms with E-state index in [0.717, 1.165) is 29.0 Å². The Morgan fingerprint density at radius 1 is 1.11 bits per heavy atom. The summed E-state index contributed by atoms with van der Waals surface area (Å²) in [7, 11) is 0. The van der Waals surface area contributed by atoms with Gasteiger partial charge in [-0.1, -0.05) is 26.0 Å². The number of benzene rings is 1. The molecule has 0 saturated carbocycles. The lowest BCUT2D eigenvalue weighted by Gasteiger charge is -2.07. The van der Waals surface area contributed by atoms with Crippen LogP contribution < -0.4 is 4.74 Å². The Morgan fingerprint density at radius 3 is 2.67 bits per heavy atom. The Morgan fingerprint density at radius 2 is 1.94 bits per heavy atom. The maximum absolute atomic E-state index is 5.76. The third kappa shape index (κ3) is 3.29. The van der Waals surface area contributed by atoms with Gasteiger partial charge in [0.15, 0.2) is 0 Å². The van der Waals surface area contributed by atoms with E-state index < -0.39 is 0 Å². The Kier molecular flexibility index (Phi) is 4.31. The maximum atomic E-state index is 5.76. The normalized spacial score (nSPS) is 10.4. The summed E-state index contributed by atoms with van der Waals surface area (Å²) in [5, 5.41) is 0. The average Bonchev–Trinajstić information content (AvgIpc) is 2.38. The van der Waals surface area contributed by atoms with E-state index >= 15 is 0 Å². The number of rotatable bonds is 4. The second-order valence-corrected chi connectivity index (χ2v) is 4.71. The zero-order valence-corrected chi connectivity index (χ0v) is 12.1. The van der Waals surface area contributed by atoms with Crippen LogP contribution in [-0.4, -0.2) is 9.97 Å². The van der Waals surface area contributed by atoms with Crippen LogP contribution in [0.1, 0.15) is 25.2 Å². The van der Waals surface area contributed by atoms with E-state index in [1.165, 1.54) is 5.56 Å². The van der Waals surface area contributed by atoms with Gasteiger partial charge in [-0.15, -0.1) is 0 Å². The number of hydrogen-bond donors (Lipinski definition) is 0. The number of halogens is 1. The van der Waals surface area contributed by atoms with Crippen LogP contribution in [0.4, 0.5) is 0 Å². The van der Waals surface area contributed by atoms with E-state index in [0.29, 0.717) is 5.88 Å². The molecule has 3 nitrogen and oxygen atoms in total. The molecule has 18 heavy (non-hydrogen) atoms. The molecular formula is C14H15BrN2O. The molecule has 2 aromatic rings. The van der Waals surface area contributed by atoms with Crippen molar-refractivity contribution >= 4 is 15.9 Å². The summed E-state index contributed by atoms with van der Waals surface area (Å²) in [4.78, 5) is 8.59.